The number of amides is 1. The summed E-state index contributed by atoms with van der Waals surface area (Å²) in [5, 5.41) is 15.2. The number of halogens is 1. The minimum atomic E-state index is -0.829. The van der Waals surface area contributed by atoms with Crippen molar-refractivity contribution in [2.45, 2.75) is 6.92 Å². The number of nitrogens with zero attached hydrogens (tertiary/aromatic N) is 1. The summed E-state index contributed by atoms with van der Waals surface area (Å²) in [6, 6.07) is 11.4. The number of hydrogen-bond acceptors (Lipinski definition) is 5. The highest BCUT2D eigenvalue weighted by Gasteiger charge is 2.13. The molecule has 1 N–H and O–H groups in total. The van der Waals surface area contributed by atoms with Gasteiger partial charge in [0.05, 0.1) is 15.9 Å². The van der Waals surface area contributed by atoms with Crippen molar-refractivity contribution in [1.82, 2.24) is 0 Å². The predicted octanol–water partition coefficient (Wildman–Crippen LogP) is 5.15. The Morgan fingerprint density at radius 1 is 1.19 bits per heavy atom. The molecule has 0 fully saturated rings. The van der Waals surface area contributed by atoms with Gasteiger partial charge < -0.3 is 10.1 Å². The summed E-state index contributed by atoms with van der Waals surface area (Å²) in [4.78, 5) is 22.7. The maximum atomic E-state index is 13.9. The van der Waals surface area contributed by atoms with Crippen molar-refractivity contribution in [3.05, 3.63) is 80.3 Å². The second kappa shape index (κ2) is 7.32. The first kappa shape index (κ1) is 17.6. The lowest BCUT2D eigenvalue weighted by Crippen LogP contribution is -2.11. The summed E-state index contributed by atoms with van der Waals surface area (Å²) in [6.45, 7) is 1.86. The molecular weight excluding hydrogens is 359 g/mol. The Bertz CT molecular complexity index is 970. The molecule has 0 unspecified atom stereocenters. The van der Waals surface area contributed by atoms with E-state index >= 15 is 0 Å². The van der Waals surface area contributed by atoms with Crippen LogP contribution in [0.25, 0.3) is 0 Å². The molecule has 0 spiro atoms. The van der Waals surface area contributed by atoms with E-state index in [1.807, 2.05) is 18.4 Å². The quantitative estimate of drug-likeness (QED) is 0.496. The van der Waals surface area contributed by atoms with Crippen molar-refractivity contribution in [2.24, 2.45) is 0 Å². The highest BCUT2D eigenvalue weighted by atomic mass is 32.1. The number of anilines is 1. The molecule has 0 saturated carbocycles. The van der Waals surface area contributed by atoms with Crippen LogP contribution in [-0.4, -0.2) is 10.8 Å². The van der Waals surface area contributed by atoms with Gasteiger partial charge in [0, 0.05) is 11.8 Å². The van der Waals surface area contributed by atoms with Crippen LogP contribution in [0.4, 0.5) is 15.8 Å². The molecule has 2 aromatic carbocycles. The van der Waals surface area contributed by atoms with E-state index in [1.165, 1.54) is 17.4 Å². The van der Waals surface area contributed by atoms with E-state index < -0.39 is 10.7 Å². The smallest absolute Gasteiger partial charge is 0.272 e. The van der Waals surface area contributed by atoms with Crippen molar-refractivity contribution >= 4 is 28.6 Å². The van der Waals surface area contributed by atoms with Crippen LogP contribution in [-0.2, 0) is 0 Å². The fraction of sp³-hybridized carbons (Fsp3) is 0.0556. The third-order valence-corrected chi connectivity index (χ3v) is 4.55. The fourth-order valence-electron chi connectivity index (χ4n) is 2.21. The SMILES string of the molecule is Cc1ccsc1C(=O)Nc1ccc(Oc2ccc([N+](=O)[O-])cc2F)cc1. The lowest BCUT2D eigenvalue weighted by molar-refractivity contribution is -0.385. The number of nitro benzene ring substituents is 1. The number of benzene rings is 2. The Labute approximate surface area is 152 Å². The summed E-state index contributed by atoms with van der Waals surface area (Å²) in [5.74, 6) is -0.818. The molecule has 0 aliphatic heterocycles. The van der Waals surface area contributed by atoms with Crippen LogP contribution in [0.2, 0.25) is 0 Å². The van der Waals surface area contributed by atoms with Gasteiger partial charge in [-0.05, 0) is 54.3 Å². The number of nitro groups is 1. The van der Waals surface area contributed by atoms with Crippen LogP contribution >= 0.6 is 11.3 Å². The predicted molar refractivity (Wildman–Crippen MR) is 96.6 cm³/mol. The molecule has 6 nitrogen and oxygen atoms in total. The molecule has 0 aliphatic rings. The van der Waals surface area contributed by atoms with Crippen molar-refractivity contribution < 1.29 is 18.8 Å². The molecule has 8 heteroatoms. The van der Waals surface area contributed by atoms with Gasteiger partial charge in [-0.25, -0.2) is 4.39 Å². The van der Waals surface area contributed by atoms with Gasteiger partial charge in [-0.1, -0.05) is 0 Å². The summed E-state index contributed by atoms with van der Waals surface area (Å²) in [7, 11) is 0. The number of rotatable bonds is 5. The van der Waals surface area contributed by atoms with Crippen LogP contribution in [0, 0.1) is 22.9 Å². The highest BCUT2D eigenvalue weighted by Crippen LogP contribution is 2.28. The van der Waals surface area contributed by atoms with Gasteiger partial charge in [0.15, 0.2) is 11.6 Å². The minimum absolute atomic E-state index is 0.124. The number of carbonyl (C=O) groups excluding carboxylic acids is 1. The average molecular weight is 372 g/mol. The fourth-order valence-corrected chi connectivity index (χ4v) is 3.03. The molecule has 1 heterocycles. The van der Waals surface area contributed by atoms with Crippen molar-refractivity contribution in [3.8, 4) is 11.5 Å². The Hall–Kier alpha value is -3.26. The largest absolute Gasteiger partial charge is 0.454 e. The number of non-ortho nitro benzene ring substituents is 1. The number of ether oxygens (including phenoxy) is 1. The molecule has 0 radical (unpaired) electrons. The molecule has 132 valence electrons. The van der Waals surface area contributed by atoms with Gasteiger partial charge in [0.1, 0.15) is 5.75 Å². The van der Waals surface area contributed by atoms with E-state index in [1.54, 1.807) is 24.3 Å². The number of aryl methyl sites for hydroxylation is 1. The molecule has 0 atom stereocenters. The summed E-state index contributed by atoms with van der Waals surface area (Å²) in [5.41, 5.74) is 1.12. The lowest BCUT2D eigenvalue weighted by atomic mass is 10.2. The van der Waals surface area contributed by atoms with Crippen LogP contribution < -0.4 is 10.1 Å². The monoisotopic (exact) mass is 372 g/mol. The molecule has 1 amide bonds. The minimum Gasteiger partial charge on any atom is -0.454 e. The van der Waals surface area contributed by atoms with E-state index in [2.05, 4.69) is 5.32 Å². The first-order valence-corrected chi connectivity index (χ1v) is 8.39. The van der Waals surface area contributed by atoms with E-state index in [-0.39, 0.29) is 17.3 Å². The van der Waals surface area contributed by atoms with Gasteiger partial charge in [0.2, 0.25) is 0 Å². The molecule has 0 saturated heterocycles. The Morgan fingerprint density at radius 2 is 1.92 bits per heavy atom. The van der Waals surface area contributed by atoms with E-state index in [0.717, 1.165) is 17.7 Å². The van der Waals surface area contributed by atoms with Crippen molar-refractivity contribution in [2.75, 3.05) is 5.32 Å². The van der Waals surface area contributed by atoms with Crippen molar-refractivity contribution in [3.63, 3.8) is 0 Å². The second-order valence-electron chi connectivity index (χ2n) is 5.39. The summed E-state index contributed by atoms with van der Waals surface area (Å²) in [6.07, 6.45) is 0. The zero-order chi connectivity index (χ0) is 18.7. The molecule has 1 aromatic heterocycles. The Morgan fingerprint density at radius 3 is 2.50 bits per heavy atom. The van der Waals surface area contributed by atoms with Gasteiger partial charge in [-0.3, -0.25) is 14.9 Å². The average Bonchev–Trinajstić information content (AvgIpc) is 3.04. The lowest BCUT2D eigenvalue weighted by Gasteiger charge is -2.08. The first-order valence-electron chi connectivity index (χ1n) is 7.51. The highest BCUT2D eigenvalue weighted by molar-refractivity contribution is 7.12. The van der Waals surface area contributed by atoms with Crippen molar-refractivity contribution in [1.29, 1.82) is 0 Å². The van der Waals surface area contributed by atoms with E-state index in [4.69, 9.17) is 4.74 Å². The Balaban J connectivity index is 1.69. The van der Waals surface area contributed by atoms with Gasteiger partial charge in [-0.2, -0.15) is 0 Å². The molecule has 26 heavy (non-hydrogen) atoms. The van der Waals surface area contributed by atoms with Crippen LogP contribution in [0.5, 0.6) is 11.5 Å². The molecular formula is C18H13FN2O4S. The molecule has 0 bridgehead atoms. The van der Waals surface area contributed by atoms with Gasteiger partial charge in [-0.15, -0.1) is 11.3 Å². The van der Waals surface area contributed by atoms with E-state index in [0.29, 0.717) is 16.3 Å². The third-order valence-electron chi connectivity index (χ3n) is 3.53. The maximum Gasteiger partial charge on any atom is 0.272 e. The summed E-state index contributed by atoms with van der Waals surface area (Å²) < 4.78 is 19.2. The zero-order valence-electron chi connectivity index (χ0n) is 13.6. The zero-order valence-corrected chi connectivity index (χ0v) is 14.4. The second-order valence-corrected chi connectivity index (χ2v) is 6.30. The standard InChI is InChI=1S/C18H13FN2O4S/c1-11-8-9-26-17(11)18(22)20-12-2-5-14(6-3-12)25-16-7-4-13(21(23)24)10-15(16)19/h2-10H,1H3,(H,20,22). The topological polar surface area (TPSA) is 81.5 Å². The molecule has 0 aliphatic carbocycles. The summed E-state index contributed by atoms with van der Waals surface area (Å²) >= 11 is 1.36. The van der Waals surface area contributed by atoms with E-state index in [9.17, 15) is 19.3 Å². The Kier molecular flexibility index (Phi) is 4.94. The number of hydrogen-bond donors (Lipinski definition) is 1. The maximum absolute atomic E-state index is 13.9. The van der Waals surface area contributed by atoms with Crippen LogP contribution in [0.1, 0.15) is 15.2 Å². The van der Waals surface area contributed by atoms with Crippen LogP contribution in [0.15, 0.2) is 53.9 Å². The number of carbonyl (C=O) groups is 1. The van der Waals surface area contributed by atoms with Gasteiger partial charge in [0.25, 0.3) is 11.6 Å². The number of thiophene rings is 1. The number of nitrogens with one attached hydrogen (secondary N) is 1. The molecule has 3 rings (SSSR count). The van der Waals surface area contributed by atoms with Gasteiger partial charge >= 0.3 is 0 Å². The normalized spacial score (nSPS) is 10.4. The first-order chi connectivity index (χ1) is 12.4. The molecule has 3 aromatic rings. The third kappa shape index (κ3) is 3.86. The van der Waals surface area contributed by atoms with Crippen LogP contribution in [0.3, 0.4) is 0 Å².